The highest BCUT2D eigenvalue weighted by Crippen LogP contribution is 2.25. The summed E-state index contributed by atoms with van der Waals surface area (Å²) in [4.78, 5) is 8.09. The summed E-state index contributed by atoms with van der Waals surface area (Å²) in [6.45, 7) is 6.04. The van der Waals surface area contributed by atoms with E-state index in [0.717, 1.165) is 22.6 Å². The maximum absolute atomic E-state index is 5.70. The van der Waals surface area contributed by atoms with Crippen molar-refractivity contribution in [2.45, 2.75) is 26.9 Å². The van der Waals surface area contributed by atoms with Gasteiger partial charge in [0.25, 0.3) is 0 Å². The summed E-state index contributed by atoms with van der Waals surface area (Å²) in [6, 6.07) is 7.82. The molecule has 0 amide bonds. The second-order valence-corrected chi connectivity index (χ2v) is 4.45. The molecular weight excluding hydrogens is 226 g/mol. The number of nitrogen functional groups attached to an aromatic ring is 1. The fourth-order valence-corrected chi connectivity index (χ4v) is 1.73. The Balaban J connectivity index is 2.34. The Hall–Kier alpha value is -2.10. The minimum absolute atomic E-state index is 0.171. The number of anilines is 1. The lowest BCUT2D eigenvalue weighted by atomic mass is 10.1. The smallest absolute Gasteiger partial charge is 0.220 e. The molecule has 0 aliphatic rings. The molecule has 0 radical (unpaired) electrons. The number of ether oxygens (including phenoxy) is 1. The van der Waals surface area contributed by atoms with Crippen LogP contribution in [-0.4, -0.2) is 16.1 Å². The van der Waals surface area contributed by atoms with E-state index in [9.17, 15) is 0 Å². The van der Waals surface area contributed by atoms with Gasteiger partial charge in [0, 0.05) is 11.8 Å². The molecule has 0 unspecified atom stereocenters. The highest BCUT2D eigenvalue weighted by molar-refractivity contribution is 5.62. The first-order chi connectivity index (χ1) is 8.56. The SMILES string of the molecule is Cc1cc(-c2ccnc(N)n2)ccc1OC(C)C. The number of nitrogens with two attached hydrogens (primary N) is 1. The first-order valence-electron chi connectivity index (χ1n) is 5.92. The van der Waals surface area contributed by atoms with Crippen molar-refractivity contribution in [1.82, 2.24) is 9.97 Å². The second-order valence-electron chi connectivity index (χ2n) is 4.45. The summed E-state index contributed by atoms with van der Waals surface area (Å²) in [5, 5.41) is 0. The van der Waals surface area contributed by atoms with Crippen molar-refractivity contribution in [2.24, 2.45) is 0 Å². The molecule has 0 spiro atoms. The molecule has 18 heavy (non-hydrogen) atoms. The zero-order valence-electron chi connectivity index (χ0n) is 10.8. The molecule has 0 aliphatic heterocycles. The van der Waals surface area contributed by atoms with Crippen molar-refractivity contribution in [3.8, 4) is 17.0 Å². The summed E-state index contributed by atoms with van der Waals surface area (Å²) in [6.07, 6.45) is 1.83. The predicted octanol–water partition coefficient (Wildman–Crippen LogP) is 2.82. The van der Waals surface area contributed by atoms with Gasteiger partial charge in [-0.2, -0.15) is 0 Å². The monoisotopic (exact) mass is 243 g/mol. The van der Waals surface area contributed by atoms with Crippen molar-refractivity contribution < 1.29 is 4.74 Å². The average Bonchev–Trinajstić information content (AvgIpc) is 2.31. The molecule has 2 rings (SSSR count). The Morgan fingerprint density at radius 1 is 1.22 bits per heavy atom. The number of hydrogen-bond acceptors (Lipinski definition) is 4. The molecule has 0 bridgehead atoms. The molecule has 4 heteroatoms. The summed E-state index contributed by atoms with van der Waals surface area (Å²) >= 11 is 0. The molecular formula is C14H17N3O. The molecule has 0 fully saturated rings. The Bertz CT molecular complexity index is 552. The highest BCUT2D eigenvalue weighted by atomic mass is 16.5. The van der Waals surface area contributed by atoms with Gasteiger partial charge in [-0.25, -0.2) is 9.97 Å². The number of nitrogens with zero attached hydrogens (tertiary/aromatic N) is 2. The van der Waals surface area contributed by atoms with Crippen LogP contribution in [0.2, 0.25) is 0 Å². The lowest BCUT2D eigenvalue weighted by Gasteiger charge is -2.13. The summed E-state index contributed by atoms with van der Waals surface area (Å²) in [5.74, 6) is 1.18. The van der Waals surface area contributed by atoms with Gasteiger partial charge < -0.3 is 10.5 Å². The molecule has 0 atom stereocenters. The van der Waals surface area contributed by atoms with Crippen molar-refractivity contribution in [3.63, 3.8) is 0 Å². The first-order valence-corrected chi connectivity index (χ1v) is 5.92. The van der Waals surface area contributed by atoms with Crippen LogP contribution in [0.4, 0.5) is 5.95 Å². The fourth-order valence-electron chi connectivity index (χ4n) is 1.73. The van der Waals surface area contributed by atoms with E-state index in [-0.39, 0.29) is 12.1 Å². The minimum Gasteiger partial charge on any atom is -0.491 e. The molecule has 0 aliphatic carbocycles. The van der Waals surface area contributed by atoms with Gasteiger partial charge in [0.2, 0.25) is 5.95 Å². The Morgan fingerprint density at radius 2 is 2.00 bits per heavy atom. The number of aromatic nitrogens is 2. The van der Waals surface area contributed by atoms with Gasteiger partial charge in [0.15, 0.2) is 0 Å². The third kappa shape index (κ3) is 2.77. The number of hydrogen-bond donors (Lipinski definition) is 1. The van der Waals surface area contributed by atoms with E-state index in [4.69, 9.17) is 10.5 Å². The molecule has 1 aromatic carbocycles. The lowest BCUT2D eigenvalue weighted by Crippen LogP contribution is -2.06. The molecule has 0 saturated carbocycles. The van der Waals surface area contributed by atoms with Gasteiger partial charge in [-0.3, -0.25) is 0 Å². The van der Waals surface area contributed by atoms with Crippen LogP contribution in [0.15, 0.2) is 30.5 Å². The fraction of sp³-hybridized carbons (Fsp3) is 0.286. The molecule has 94 valence electrons. The standard InChI is InChI=1S/C14H17N3O/c1-9(2)18-13-5-4-11(8-10(13)3)12-6-7-16-14(15)17-12/h4-9H,1-3H3,(H2,15,16,17). The first kappa shape index (κ1) is 12.4. The van der Waals surface area contributed by atoms with E-state index in [1.165, 1.54) is 0 Å². The van der Waals surface area contributed by atoms with Crippen molar-refractivity contribution >= 4 is 5.95 Å². The Morgan fingerprint density at radius 3 is 2.61 bits per heavy atom. The van der Waals surface area contributed by atoms with Crippen molar-refractivity contribution in [2.75, 3.05) is 5.73 Å². The topological polar surface area (TPSA) is 61.0 Å². The summed E-state index contributed by atoms with van der Waals surface area (Å²) in [7, 11) is 0. The van der Waals surface area contributed by atoms with E-state index in [1.807, 2.05) is 45.0 Å². The zero-order valence-corrected chi connectivity index (χ0v) is 10.8. The zero-order chi connectivity index (χ0) is 13.1. The van der Waals surface area contributed by atoms with E-state index in [0.29, 0.717) is 0 Å². The number of benzene rings is 1. The van der Waals surface area contributed by atoms with E-state index >= 15 is 0 Å². The highest BCUT2D eigenvalue weighted by Gasteiger charge is 2.06. The number of aryl methyl sites for hydroxylation is 1. The van der Waals surface area contributed by atoms with Crippen LogP contribution in [0, 0.1) is 6.92 Å². The van der Waals surface area contributed by atoms with Crippen molar-refractivity contribution in [3.05, 3.63) is 36.0 Å². The van der Waals surface area contributed by atoms with Gasteiger partial charge in [-0.05, 0) is 50.6 Å². The molecule has 1 aromatic heterocycles. The van der Waals surface area contributed by atoms with Crippen molar-refractivity contribution in [1.29, 1.82) is 0 Å². The van der Waals surface area contributed by atoms with Crippen LogP contribution in [0.5, 0.6) is 5.75 Å². The van der Waals surface area contributed by atoms with Gasteiger partial charge >= 0.3 is 0 Å². The van der Waals surface area contributed by atoms with Crippen LogP contribution < -0.4 is 10.5 Å². The summed E-state index contributed by atoms with van der Waals surface area (Å²) < 4.78 is 5.70. The van der Waals surface area contributed by atoms with E-state index in [1.54, 1.807) is 6.20 Å². The Labute approximate surface area is 107 Å². The molecule has 2 N–H and O–H groups in total. The van der Waals surface area contributed by atoms with Crippen LogP contribution >= 0.6 is 0 Å². The largest absolute Gasteiger partial charge is 0.491 e. The van der Waals surface area contributed by atoms with E-state index < -0.39 is 0 Å². The Kier molecular flexibility index (Phi) is 3.46. The maximum Gasteiger partial charge on any atom is 0.220 e. The number of rotatable bonds is 3. The van der Waals surface area contributed by atoms with E-state index in [2.05, 4.69) is 9.97 Å². The average molecular weight is 243 g/mol. The lowest BCUT2D eigenvalue weighted by molar-refractivity contribution is 0.241. The molecule has 1 heterocycles. The normalized spacial score (nSPS) is 10.7. The van der Waals surface area contributed by atoms with Gasteiger partial charge in [0.05, 0.1) is 11.8 Å². The molecule has 2 aromatic rings. The van der Waals surface area contributed by atoms with Gasteiger partial charge in [0.1, 0.15) is 5.75 Å². The molecule has 4 nitrogen and oxygen atoms in total. The minimum atomic E-state index is 0.171. The molecule has 0 saturated heterocycles. The third-order valence-corrected chi connectivity index (χ3v) is 2.51. The maximum atomic E-state index is 5.70. The quantitative estimate of drug-likeness (QED) is 0.900. The van der Waals surface area contributed by atoms with Crippen LogP contribution in [-0.2, 0) is 0 Å². The second kappa shape index (κ2) is 5.04. The third-order valence-electron chi connectivity index (χ3n) is 2.51. The van der Waals surface area contributed by atoms with Gasteiger partial charge in [-0.15, -0.1) is 0 Å². The van der Waals surface area contributed by atoms with Crippen LogP contribution in [0.25, 0.3) is 11.3 Å². The summed E-state index contributed by atoms with van der Waals surface area (Å²) in [5.41, 5.74) is 8.50. The van der Waals surface area contributed by atoms with Crippen LogP contribution in [0.1, 0.15) is 19.4 Å². The van der Waals surface area contributed by atoms with Gasteiger partial charge in [-0.1, -0.05) is 0 Å². The van der Waals surface area contributed by atoms with Crippen LogP contribution in [0.3, 0.4) is 0 Å². The predicted molar refractivity (Wildman–Crippen MR) is 72.4 cm³/mol.